The molecule has 0 radical (unpaired) electrons. The summed E-state index contributed by atoms with van der Waals surface area (Å²) >= 11 is 0. The van der Waals surface area contributed by atoms with Crippen molar-refractivity contribution in [1.82, 2.24) is 0 Å². The summed E-state index contributed by atoms with van der Waals surface area (Å²) < 4.78 is 16.8. The lowest BCUT2D eigenvalue weighted by Crippen LogP contribution is -2.30. The number of hydrogen-bond acceptors (Lipinski definition) is 6. The van der Waals surface area contributed by atoms with Gasteiger partial charge in [0.25, 0.3) is 0 Å². The Morgan fingerprint density at radius 1 is 0.304 bits per heavy atom. The molecule has 6 nitrogen and oxygen atoms in total. The molecule has 0 bridgehead atoms. The summed E-state index contributed by atoms with van der Waals surface area (Å²) in [5.41, 5.74) is 0. The van der Waals surface area contributed by atoms with Gasteiger partial charge in [-0.1, -0.05) is 239 Å². The lowest BCUT2D eigenvalue weighted by molar-refractivity contribution is -0.167. The maximum Gasteiger partial charge on any atom is 0.306 e. The molecule has 0 rings (SSSR count). The standard InChI is InChI=1S/C63H104O6/c1-4-7-10-13-16-19-22-24-26-28-29-30-31-32-33-35-36-38-41-44-47-50-53-56-62(65)68-59-60(58-67-61(64)55-52-49-46-43-40-21-18-15-12-9-6-3)69-63(66)57-54-51-48-45-42-39-37-34-27-25-23-20-17-14-11-8-5-2/h7,10,16-17,19-20,24-27,29-30,32-33,36,38,44,47,60H,4-6,8-9,11-15,18,21-23,28,31,34-35,37,39-43,45-46,48-59H2,1-3H3/b10-7-,19-16-,20-17-,26-24-,27-25-,30-29-,33-32-,38-36-,47-44-. The fourth-order valence-electron chi connectivity index (χ4n) is 7.52. The topological polar surface area (TPSA) is 78.9 Å². The van der Waals surface area contributed by atoms with Gasteiger partial charge < -0.3 is 14.2 Å². The van der Waals surface area contributed by atoms with Crippen LogP contribution in [0.4, 0.5) is 0 Å². The van der Waals surface area contributed by atoms with E-state index in [2.05, 4.69) is 130 Å². The first kappa shape index (κ1) is 65.1. The van der Waals surface area contributed by atoms with Gasteiger partial charge in [-0.15, -0.1) is 0 Å². The van der Waals surface area contributed by atoms with Gasteiger partial charge in [0.1, 0.15) is 13.2 Å². The van der Waals surface area contributed by atoms with E-state index in [1.807, 2.05) is 0 Å². The largest absolute Gasteiger partial charge is 0.462 e. The molecule has 0 fully saturated rings. The highest BCUT2D eigenvalue weighted by Crippen LogP contribution is 2.14. The first-order valence-electron chi connectivity index (χ1n) is 28.4. The number of hydrogen-bond donors (Lipinski definition) is 0. The Bertz CT molecular complexity index is 1420. The zero-order valence-corrected chi connectivity index (χ0v) is 44.8. The van der Waals surface area contributed by atoms with E-state index in [0.29, 0.717) is 19.3 Å². The van der Waals surface area contributed by atoms with Gasteiger partial charge in [0.15, 0.2) is 6.10 Å². The van der Waals surface area contributed by atoms with E-state index in [4.69, 9.17) is 14.2 Å². The third kappa shape index (κ3) is 54.9. The van der Waals surface area contributed by atoms with Gasteiger partial charge in [-0.05, 0) is 103 Å². The van der Waals surface area contributed by atoms with Gasteiger partial charge >= 0.3 is 17.9 Å². The maximum atomic E-state index is 12.8. The highest BCUT2D eigenvalue weighted by molar-refractivity contribution is 5.71. The van der Waals surface area contributed by atoms with Crippen LogP contribution in [0.1, 0.15) is 252 Å². The molecule has 69 heavy (non-hydrogen) atoms. The molecular weight excluding hydrogens is 853 g/mol. The lowest BCUT2D eigenvalue weighted by Gasteiger charge is -2.18. The Morgan fingerprint density at radius 3 is 0.971 bits per heavy atom. The number of allylic oxidation sites excluding steroid dienone is 18. The summed E-state index contributed by atoms with van der Waals surface area (Å²) in [7, 11) is 0. The Labute approximate surface area is 425 Å². The summed E-state index contributed by atoms with van der Waals surface area (Å²) in [6.07, 6.45) is 76.5. The highest BCUT2D eigenvalue weighted by Gasteiger charge is 2.19. The van der Waals surface area contributed by atoms with E-state index in [9.17, 15) is 14.4 Å². The third-order valence-corrected chi connectivity index (χ3v) is 11.8. The quantitative estimate of drug-likeness (QED) is 0.0262. The van der Waals surface area contributed by atoms with Gasteiger partial charge in [0, 0.05) is 19.3 Å². The molecule has 1 atom stereocenters. The number of carbonyl (C=O) groups excluding carboxylic acids is 3. The van der Waals surface area contributed by atoms with Crippen molar-refractivity contribution >= 4 is 17.9 Å². The second-order valence-corrected chi connectivity index (χ2v) is 18.5. The van der Waals surface area contributed by atoms with Crippen LogP contribution in [0.5, 0.6) is 0 Å². The molecule has 0 aromatic carbocycles. The van der Waals surface area contributed by atoms with Crippen molar-refractivity contribution in [3.05, 3.63) is 109 Å². The molecule has 0 N–H and O–H groups in total. The van der Waals surface area contributed by atoms with E-state index in [1.54, 1.807) is 0 Å². The zero-order valence-electron chi connectivity index (χ0n) is 44.8. The van der Waals surface area contributed by atoms with Gasteiger partial charge in [-0.3, -0.25) is 14.4 Å². The molecule has 0 aromatic heterocycles. The molecule has 0 spiro atoms. The molecule has 0 amide bonds. The Balaban J connectivity index is 4.46. The van der Waals surface area contributed by atoms with Crippen LogP contribution in [0.2, 0.25) is 0 Å². The van der Waals surface area contributed by atoms with Crippen LogP contribution in [0.15, 0.2) is 109 Å². The predicted octanol–water partition coefficient (Wildman–Crippen LogP) is 19.1. The second-order valence-electron chi connectivity index (χ2n) is 18.5. The van der Waals surface area contributed by atoms with Crippen molar-refractivity contribution in [1.29, 1.82) is 0 Å². The molecule has 0 saturated heterocycles. The number of ether oxygens (including phenoxy) is 3. The first-order valence-corrected chi connectivity index (χ1v) is 28.4. The summed E-state index contributed by atoms with van der Waals surface area (Å²) in [6, 6.07) is 0. The molecule has 0 saturated carbocycles. The Kier molecular flexibility index (Phi) is 53.4. The van der Waals surface area contributed by atoms with Crippen molar-refractivity contribution in [2.24, 2.45) is 0 Å². The van der Waals surface area contributed by atoms with Crippen LogP contribution < -0.4 is 0 Å². The number of carbonyl (C=O) groups is 3. The fourth-order valence-corrected chi connectivity index (χ4v) is 7.52. The monoisotopic (exact) mass is 957 g/mol. The smallest absolute Gasteiger partial charge is 0.306 e. The molecule has 6 heteroatoms. The average molecular weight is 958 g/mol. The Morgan fingerprint density at radius 2 is 0.580 bits per heavy atom. The summed E-state index contributed by atoms with van der Waals surface area (Å²) in [5, 5.41) is 0. The first-order chi connectivity index (χ1) is 34.0. The molecule has 0 aliphatic heterocycles. The van der Waals surface area contributed by atoms with Gasteiger partial charge in [0.2, 0.25) is 0 Å². The summed E-state index contributed by atoms with van der Waals surface area (Å²) in [4.78, 5) is 38.1. The maximum absolute atomic E-state index is 12.8. The van der Waals surface area contributed by atoms with Crippen LogP contribution in [0.25, 0.3) is 0 Å². The van der Waals surface area contributed by atoms with Crippen LogP contribution in [0, 0.1) is 0 Å². The predicted molar refractivity (Wildman–Crippen MR) is 297 cm³/mol. The minimum absolute atomic E-state index is 0.0991. The van der Waals surface area contributed by atoms with Gasteiger partial charge in [-0.2, -0.15) is 0 Å². The van der Waals surface area contributed by atoms with E-state index in [-0.39, 0.29) is 37.5 Å². The zero-order chi connectivity index (χ0) is 50.0. The van der Waals surface area contributed by atoms with Crippen LogP contribution >= 0.6 is 0 Å². The van der Waals surface area contributed by atoms with E-state index < -0.39 is 6.10 Å². The molecule has 0 heterocycles. The second kappa shape index (κ2) is 56.7. The van der Waals surface area contributed by atoms with Crippen LogP contribution in [-0.2, 0) is 28.6 Å². The van der Waals surface area contributed by atoms with Crippen molar-refractivity contribution in [3.63, 3.8) is 0 Å². The third-order valence-electron chi connectivity index (χ3n) is 11.8. The summed E-state index contributed by atoms with van der Waals surface area (Å²) in [5.74, 6) is -0.970. The lowest BCUT2D eigenvalue weighted by atomic mass is 10.1. The minimum Gasteiger partial charge on any atom is -0.462 e. The summed E-state index contributed by atoms with van der Waals surface area (Å²) in [6.45, 7) is 6.44. The van der Waals surface area contributed by atoms with Crippen molar-refractivity contribution in [2.75, 3.05) is 13.2 Å². The number of esters is 3. The van der Waals surface area contributed by atoms with Gasteiger partial charge in [-0.25, -0.2) is 0 Å². The highest BCUT2D eigenvalue weighted by atomic mass is 16.6. The number of rotatable bonds is 50. The molecule has 0 aliphatic rings. The number of unbranched alkanes of at least 4 members (excludes halogenated alkanes) is 21. The van der Waals surface area contributed by atoms with Crippen LogP contribution in [0.3, 0.4) is 0 Å². The molecule has 392 valence electrons. The Hall–Kier alpha value is -3.93. The van der Waals surface area contributed by atoms with E-state index in [0.717, 1.165) is 103 Å². The average Bonchev–Trinajstić information content (AvgIpc) is 3.35. The molecular formula is C63H104O6. The normalized spacial score (nSPS) is 12.9. The minimum atomic E-state index is -0.806. The molecule has 0 aromatic rings. The van der Waals surface area contributed by atoms with Gasteiger partial charge in [0.05, 0.1) is 0 Å². The van der Waals surface area contributed by atoms with Crippen molar-refractivity contribution in [3.8, 4) is 0 Å². The van der Waals surface area contributed by atoms with Crippen molar-refractivity contribution in [2.45, 2.75) is 258 Å². The van der Waals surface area contributed by atoms with Crippen LogP contribution in [-0.4, -0.2) is 37.2 Å². The van der Waals surface area contributed by atoms with E-state index in [1.165, 1.54) is 103 Å². The van der Waals surface area contributed by atoms with E-state index >= 15 is 0 Å². The SMILES string of the molecule is CC/C=C\C/C=C\C/C=C\C/C=C\C/C=C\C/C=C\C/C=C\CCCC(=O)OCC(COC(=O)CCCCCCCCCCCCC)OC(=O)CCCCCCCCC/C=C\C/C=C\CCCCC. The molecule has 1 unspecified atom stereocenters. The van der Waals surface area contributed by atoms with Crippen molar-refractivity contribution < 1.29 is 28.6 Å². The molecule has 0 aliphatic carbocycles. The fraction of sp³-hybridized carbons (Fsp3) is 0.667.